The standard InChI is InChI=1S/C28H28N6O5S2/c1-17-15-22(18(2)32(17)24-16-21(34(35)36)12-13-25(24)39-3)27-26(23-7-5-6-14-29-23)30-28(40)33(27)20-10-8-19(9-11-20)31-41(4,37)38/h5-16,26-27,31H,1-4H3,(H,30,40)/t26-,27+/m0/s1. The van der Waals surface area contributed by atoms with Crippen LogP contribution >= 0.6 is 12.2 Å². The van der Waals surface area contributed by atoms with Gasteiger partial charge in [0.15, 0.2) is 5.11 Å². The van der Waals surface area contributed by atoms with Gasteiger partial charge in [0.2, 0.25) is 10.0 Å². The molecule has 5 rings (SSSR count). The Hall–Kier alpha value is -4.49. The van der Waals surface area contributed by atoms with Crippen LogP contribution in [-0.4, -0.2) is 41.4 Å². The monoisotopic (exact) mass is 592 g/mol. The van der Waals surface area contributed by atoms with Gasteiger partial charge in [0.25, 0.3) is 5.69 Å². The largest absolute Gasteiger partial charge is 0.495 e. The second-order valence-electron chi connectivity index (χ2n) is 9.69. The number of ether oxygens (including phenoxy) is 1. The highest BCUT2D eigenvalue weighted by molar-refractivity contribution is 7.92. The molecule has 0 unspecified atom stereocenters. The molecule has 2 aromatic carbocycles. The Bertz CT molecular complexity index is 1740. The van der Waals surface area contributed by atoms with Crippen molar-refractivity contribution in [3.05, 3.63) is 106 Å². The Morgan fingerprint density at radius 3 is 2.44 bits per heavy atom. The third-order valence-electron chi connectivity index (χ3n) is 6.95. The maximum absolute atomic E-state index is 11.7. The molecule has 1 saturated heterocycles. The predicted octanol–water partition coefficient (Wildman–Crippen LogP) is 4.95. The van der Waals surface area contributed by atoms with Gasteiger partial charge in [-0.05, 0) is 80.2 Å². The molecule has 4 aromatic rings. The number of hydrogen-bond acceptors (Lipinski definition) is 7. The van der Waals surface area contributed by atoms with Crippen molar-refractivity contribution in [2.45, 2.75) is 25.9 Å². The van der Waals surface area contributed by atoms with Crippen molar-refractivity contribution in [3.8, 4) is 11.4 Å². The molecule has 13 heteroatoms. The lowest BCUT2D eigenvalue weighted by Crippen LogP contribution is -2.29. The smallest absolute Gasteiger partial charge is 0.271 e. The average Bonchev–Trinajstić information content (AvgIpc) is 3.43. The first-order chi connectivity index (χ1) is 19.5. The Kier molecular flexibility index (Phi) is 7.41. The number of sulfonamides is 1. The van der Waals surface area contributed by atoms with Crippen LogP contribution in [0.5, 0.6) is 5.75 Å². The van der Waals surface area contributed by atoms with Gasteiger partial charge < -0.3 is 19.5 Å². The van der Waals surface area contributed by atoms with Gasteiger partial charge in [-0.25, -0.2) is 8.42 Å². The molecule has 11 nitrogen and oxygen atoms in total. The summed E-state index contributed by atoms with van der Waals surface area (Å²) in [5, 5.41) is 15.5. The summed E-state index contributed by atoms with van der Waals surface area (Å²) in [5.74, 6) is 0.496. The first-order valence-corrected chi connectivity index (χ1v) is 14.9. The predicted molar refractivity (Wildman–Crippen MR) is 161 cm³/mol. The number of thiocarbonyl (C=S) groups is 1. The van der Waals surface area contributed by atoms with Gasteiger partial charge in [0, 0.05) is 41.1 Å². The molecule has 0 radical (unpaired) electrons. The second kappa shape index (κ2) is 10.8. The highest BCUT2D eigenvalue weighted by atomic mass is 32.2. The van der Waals surface area contributed by atoms with E-state index in [0.29, 0.717) is 22.2 Å². The molecule has 2 N–H and O–H groups in total. The van der Waals surface area contributed by atoms with Gasteiger partial charge in [-0.2, -0.15) is 0 Å². The molecule has 1 aliphatic heterocycles. The topological polar surface area (TPSA) is 132 Å². The molecular formula is C28H28N6O5S2. The lowest BCUT2D eigenvalue weighted by Gasteiger charge is -2.28. The van der Waals surface area contributed by atoms with E-state index in [2.05, 4.69) is 15.0 Å². The first-order valence-electron chi connectivity index (χ1n) is 12.6. The summed E-state index contributed by atoms with van der Waals surface area (Å²) < 4.78 is 33.4. The fraction of sp³-hybridized carbons (Fsp3) is 0.214. The maximum atomic E-state index is 11.7. The minimum Gasteiger partial charge on any atom is -0.495 e. The lowest BCUT2D eigenvalue weighted by molar-refractivity contribution is -0.384. The molecular weight excluding hydrogens is 564 g/mol. The number of benzene rings is 2. The number of nitrogens with one attached hydrogen (secondary N) is 2. The maximum Gasteiger partial charge on any atom is 0.271 e. The van der Waals surface area contributed by atoms with Crippen LogP contribution in [0, 0.1) is 24.0 Å². The molecule has 2 aromatic heterocycles. The van der Waals surface area contributed by atoms with Crippen molar-refractivity contribution in [2.75, 3.05) is 23.0 Å². The Balaban J connectivity index is 1.66. The highest BCUT2D eigenvalue weighted by Crippen LogP contribution is 2.44. The van der Waals surface area contributed by atoms with Crippen molar-refractivity contribution in [2.24, 2.45) is 0 Å². The van der Waals surface area contributed by atoms with E-state index in [9.17, 15) is 18.5 Å². The highest BCUT2D eigenvalue weighted by Gasteiger charge is 2.42. The van der Waals surface area contributed by atoms with Crippen molar-refractivity contribution in [1.82, 2.24) is 14.9 Å². The molecule has 41 heavy (non-hydrogen) atoms. The fourth-order valence-corrected chi connectivity index (χ4v) is 6.19. The van der Waals surface area contributed by atoms with Crippen LogP contribution in [0.15, 0.2) is 72.9 Å². The van der Waals surface area contributed by atoms with Crippen molar-refractivity contribution < 1.29 is 18.1 Å². The van der Waals surface area contributed by atoms with E-state index in [0.717, 1.165) is 34.6 Å². The Labute approximate surface area is 243 Å². The van der Waals surface area contributed by atoms with E-state index >= 15 is 0 Å². The quantitative estimate of drug-likeness (QED) is 0.166. The molecule has 212 valence electrons. The molecule has 0 amide bonds. The van der Waals surface area contributed by atoms with Crippen LogP contribution in [0.1, 0.15) is 34.7 Å². The van der Waals surface area contributed by atoms with E-state index in [1.807, 2.05) is 47.6 Å². The summed E-state index contributed by atoms with van der Waals surface area (Å²) in [5.41, 5.74) is 5.10. The van der Waals surface area contributed by atoms with Gasteiger partial charge in [-0.1, -0.05) is 6.07 Å². The summed E-state index contributed by atoms with van der Waals surface area (Å²) in [4.78, 5) is 17.7. The summed E-state index contributed by atoms with van der Waals surface area (Å²) in [6.07, 6.45) is 2.82. The number of anilines is 2. The number of hydrogen-bond donors (Lipinski definition) is 2. The molecule has 0 aliphatic carbocycles. The third kappa shape index (κ3) is 5.45. The van der Waals surface area contributed by atoms with Crippen LogP contribution in [0.25, 0.3) is 5.69 Å². The zero-order valence-electron chi connectivity index (χ0n) is 22.7. The normalized spacial score (nSPS) is 16.9. The number of nitrogens with zero attached hydrogens (tertiary/aromatic N) is 4. The number of rotatable bonds is 8. The lowest BCUT2D eigenvalue weighted by atomic mass is 9.96. The number of methoxy groups -OCH3 is 1. The van der Waals surface area contributed by atoms with Gasteiger partial charge >= 0.3 is 0 Å². The van der Waals surface area contributed by atoms with E-state index in [-0.39, 0.29) is 17.8 Å². The number of pyridine rings is 1. The van der Waals surface area contributed by atoms with Crippen LogP contribution in [0.4, 0.5) is 17.1 Å². The van der Waals surface area contributed by atoms with Crippen molar-refractivity contribution in [3.63, 3.8) is 0 Å². The summed E-state index contributed by atoms with van der Waals surface area (Å²) >= 11 is 5.83. The first kappa shape index (κ1) is 28.1. The van der Waals surface area contributed by atoms with E-state index in [4.69, 9.17) is 17.0 Å². The SMILES string of the molecule is COc1ccc([N+](=O)[O-])cc1-n1c(C)cc([C@@H]2[C@H](c3ccccn3)NC(=S)N2c2ccc(NS(C)(=O)=O)cc2)c1C. The summed E-state index contributed by atoms with van der Waals surface area (Å²) in [6, 6.07) is 18.5. The molecule has 1 aliphatic rings. The number of non-ortho nitro benzene ring substituents is 1. The zero-order chi connectivity index (χ0) is 29.5. The molecule has 3 heterocycles. The van der Waals surface area contributed by atoms with Crippen LogP contribution in [0.3, 0.4) is 0 Å². The molecule has 2 atom stereocenters. The van der Waals surface area contributed by atoms with Crippen molar-refractivity contribution in [1.29, 1.82) is 0 Å². The number of aryl methyl sites for hydroxylation is 1. The van der Waals surface area contributed by atoms with Crippen LogP contribution in [-0.2, 0) is 10.0 Å². The molecule has 1 fully saturated rings. The van der Waals surface area contributed by atoms with Crippen LogP contribution in [0.2, 0.25) is 0 Å². The van der Waals surface area contributed by atoms with Crippen molar-refractivity contribution >= 4 is 44.4 Å². The summed E-state index contributed by atoms with van der Waals surface area (Å²) in [6.45, 7) is 3.88. The third-order valence-corrected chi connectivity index (χ3v) is 7.87. The van der Waals surface area contributed by atoms with E-state index in [1.165, 1.54) is 19.2 Å². The minimum absolute atomic E-state index is 0.0469. The second-order valence-corrected chi connectivity index (χ2v) is 11.8. The van der Waals surface area contributed by atoms with Gasteiger partial charge in [-0.15, -0.1) is 0 Å². The number of nitro groups is 1. The Morgan fingerprint density at radius 2 is 1.83 bits per heavy atom. The molecule has 0 saturated carbocycles. The Morgan fingerprint density at radius 1 is 1.10 bits per heavy atom. The molecule has 0 bridgehead atoms. The van der Waals surface area contributed by atoms with E-state index in [1.54, 1.807) is 36.5 Å². The minimum atomic E-state index is -3.43. The fourth-order valence-electron chi connectivity index (χ4n) is 5.28. The van der Waals surface area contributed by atoms with E-state index < -0.39 is 14.9 Å². The number of nitro benzene ring substituents is 1. The average molecular weight is 593 g/mol. The van der Waals surface area contributed by atoms with Crippen LogP contribution < -0.4 is 19.7 Å². The zero-order valence-corrected chi connectivity index (χ0v) is 24.4. The van der Waals surface area contributed by atoms with Gasteiger partial charge in [0.1, 0.15) is 5.75 Å². The van der Waals surface area contributed by atoms with Gasteiger partial charge in [0.05, 0.1) is 41.8 Å². The van der Waals surface area contributed by atoms with Gasteiger partial charge in [-0.3, -0.25) is 19.8 Å². The molecule has 0 spiro atoms. The summed E-state index contributed by atoms with van der Waals surface area (Å²) in [7, 11) is -1.90. The number of aromatic nitrogens is 2.